The molecule has 6 heteroatoms. The molecule has 0 saturated heterocycles. The van der Waals surface area contributed by atoms with Crippen molar-refractivity contribution < 1.29 is 54.0 Å². The summed E-state index contributed by atoms with van der Waals surface area (Å²) in [5, 5.41) is 16.4. The quantitative estimate of drug-likeness (QED) is 0.411. The van der Waals surface area contributed by atoms with Crippen LogP contribution < -0.4 is 43.8 Å². The Morgan fingerprint density at radius 1 is 0.714 bits per heavy atom. The molecule has 0 heterocycles. The summed E-state index contributed by atoms with van der Waals surface area (Å²) in [7, 11) is 8.04. The topological polar surface area (TPSA) is 49.3 Å². The van der Waals surface area contributed by atoms with Crippen molar-refractivity contribution in [2.24, 2.45) is 0 Å². The zero-order chi connectivity index (χ0) is 9.98. The number of nitrogens with one attached hydrogen (secondary N) is 2. The number of aliphatic hydroxyl groups is 2. The van der Waals surface area contributed by atoms with Gasteiger partial charge in [-0.2, -0.15) is 0 Å². The smallest absolute Gasteiger partial charge is 0.100 e. The summed E-state index contributed by atoms with van der Waals surface area (Å²) < 4.78 is 0. The van der Waals surface area contributed by atoms with E-state index in [0.717, 1.165) is 13.1 Å². The third kappa shape index (κ3) is 38.5. The molecule has 4 N–H and O–H groups in total. The fourth-order valence-electron chi connectivity index (χ4n) is 0.447. The molecular weight excluding hydrogens is 316 g/mol. The first kappa shape index (κ1) is 24.2. The van der Waals surface area contributed by atoms with Crippen LogP contribution in [-0.2, 0) is 0 Å². The molecule has 92 valence electrons. The minimum absolute atomic E-state index is 0. The maximum absolute atomic E-state index is 8.22. The van der Waals surface area contributed by atoms with Crippen LogP contribution in [0.5, 0.6) is 0 Å². The van der Waals surface area contributed by atoms with Crippen molar-refractivity contribution >= 4 is 0 Å². The highest BCUT2D eigenvalue weighted by atomic mass is 79.9. The summed E-state index contributed by atoms with van der Waals surface area (Å²) in [4.78, 5) is 2.58. The first-order valence-corrected chi connectivity index (χ1v) is 4.34. The lowest BCUT2D eigenvalue weighted by molar-refractivity contribution is -0.858. The Kier molecular flexibility index (Phi) is 33.5. The standard InChI is InChI=1S/2C4H11NO.2BrH/c2*1-5(2)3-4-6;;/h2*6H,3-4H2,1-2H3;2*1H. The zero-order valence-electron chi connectivity index (χ0n) is 9.48. The molecule has 0 unspecified atom stereocenters. The number of rotatable bonds is 4. The van der Waals surface area contributed by atoms with E-state index in [4.69, 9.17) is 10.2 Å². The van der Waals surface area contributed by atoms with E-state index in [1.54, 1.807) is 0 Å². The summed E-state index contributed by atoms with van der Waals surface area (Å²) in [6.07, 6.45) is 0. The molecule has 0 aliphatic heterocycles. The SMILES string of the molecule is C[NH+](C)CCO.C[NH+](C)CCO.[Br-].[Br-]. The molecule has 0 saturated carbocycles. The van der Waals surface area contributed by atoms with Gasteiger partial charge in [-0.1, -0.05) is 0 Å². The number of hydrogen-bond acceptors (Lipinski definition) is 2. The molecule has 14 heavy (non-hydrogen) atoms. The fourth-order valence-corrected chi connectivity index (χ4v) is 0.447. The number of halogens is 2. The zero-order valence-corrected chi connectivity index (χ0v) is 12.7. The van der Waals surface area contributed by atoms with E-state index >= 15 is 0 Å². The first-order valence-electron chi connectivity index (χ1n) is 4.34. The van der Waals surface area contributed by atoms with Crippen molar-refractivity contribution in [2.45, 2.75) is 0 Å². The Labute approximate surface area is 108 Å². The lowest BCUT2D eigenvalue weighted by atomic mass is 10.6. The van der Waals surface area contributed by atoms with Crippen LogP contribution in [0.25, 0.3) is 0 Å². The van der Waals surface area contributed by atoms with Gasteiger partial charge in [0.05, 0.1) is 41.4 Å². The predicted molar refractivity (Wildman–Crippen MR) is 49.5 cm³/mol. The van der Waals surface area contributed by atoms with Gasteiger partial charge in [0.15, 0.2) is 0 Å². The molecule has 0 radical (unpaired) electrons. The van der Waals surface area contributed by atoms with Gasteiger partial charge in [0.25, 0.3) is 0 Å². The molecule has 0 amide bonds. The van der Waals surface area contributed by atoms with Gasteiger partial charge in [-0.3, -0.25) is 0 Å². The van der Waals surface area contributed by atoms with E-state index in [9.17, 15) is 0 Å². The summed E-state index contributed by atoms with van der Waals surface area (Å²) in [5.41, 5.74) is 0. The average Bonchev–Trinajstić information content (AvgIpc) is 1.87. The lowest BCUT2D eigenvalue weighted by Crippen LogP contribution is -3.06. The largest absolute Gasteiger partial charge is 1.00 e. The molecule has 0 rings (SSSR count). The first-order chi connectivity index (χ1) is 5.54. The second kappa shape index (κ2) is 19.4. The van der Waals surface area contributed by atoms with Crippen LogP contribution in [0.1, 0.15) is 0 Å². The van der Waals surface area contributed by atoms with Gasteiger partial charge in [-0.15, -0.1) is 0 Å². The highest BCUT2D eigenvalue weighted by molar-refractivity contribution is 4.10. The third-order valence-corrected chi connectivity index (χ3v) is 1.22. The minimum Gasteiger partial charge on any atom is -1.00 e. The molecule has 0 spiro atoms. The van der Waals surface area contributed by atoms with Crippen LogP contribution in [0.4, 0.5) is 0 Å². The lowest BCUT2D eigenvalue weighted by Gasteiger charge is -2.00. The van der Waals surface area contributed by atoms with Crippen LogP contribution in [0.15, 0.2) is 0 Å². The summed E-state index contributed by atoms with van der Waals surface area (Å²) in [6.45, 7) is 2.28. The van der Waals surface area contributed by atoms with Crippen molar-refractivity contribution in [1.29, 1.82) is 0 Å². The molecule has 0 aromatic rings. The average molecular weight is 340 g/mol. The van der Waals surface area contributed by atoms with Crippen molar-refractivity contribution in [3.05, 3.63) is 0 Å². The molecule has 0 aliphatic carbocycles. The molecule has 0 atom stereocenters. The minimum atomic E-state index is 0. The van der Waals surface area contributed by atoms with E-state index in [2.05, 4.69) is 0 Å². The Hall–Kier alpha value is 0.800. The highest BCUT2D eigenvalue weighted by Gasteiger charge is 1.84. The maximum Gasteiger partial charge on any atom is 0.100 e. The van der Waals surface area contributed by atoms with Gasteiger partial charge in [0, 0.05) is 0 Å². The summed E-state index contributed by atoms with van der Waals surface area (Å²) in [6, 6.07) is 0. The molecule has 0 fully saturated rings. The second-order valence-corrected chi connectivity index (χ2v) is 3.36. The van der Waals surface area contributed by atoms with Crippen molar-refractivity contribution in [3.63, 3.8) is 0 Å². The monoisotopic (exact) mass is 338 g/mol. The van der Waals surface area contributed by atoms with Gasteiger partial charge in [0.1, 0.15) is 13.1 Å². The number of aliphatic hydroxyl groups excluding tert-OH is 2. The summed E-state index contributed by atoms with van der Waals surface area (Å²) >= 11 is 0. The Morgan fingerprint density at radius 2 is 0.929 bits per heavy atom. The second-order valence-electron chi connectivity index (χ2n) is 3.36. The van der Waals surface area contributed by atoms with E-state index in [0.29, 0.717) is 13.2 Å². The van der Waals surface area contributed by atoms with Gasteiger partial charge in [-0.25, -0.2) is 0 Å². The Balaban J connectivity index is -0.0000000625. The normalized spacial score (nSPS) is 8.57. The fraction of sp³-hybridized carbons (Fsp3) is 1.00. The van der Waals surface area contributed by atoms with Crippen LogP contribution in [0, 0.1) is 0 Å². The number of likely N-dealkylation sites (N-methyl/N-ethyl adjacent to an activating group) is 2. The molecule has 4 nitrogen and oxygen atoms in total. The van der Waals surface area contributed by atoms with Gasteiger partial charge >= 0.3 is 0 Å². The molecule has 0 aromatic carbocycles. The van der Waals surface area contributed by atoms with Crippen LogP contribution in [-0.4, -0.2) is 64.7 Å². The van der Waals surface area contributed by atoms with Crippen LogP contribution in [0.2, 0.25) is 0 Å². The van der Waals surface area contributed by atoms with Crippen LogP contribution >= 0.6 is 0 Å². The summed E-state index contributed by atoms with van der Waals surface area (Å²) in [5.74, 6) is 0. The van der Waals surface area contributed by atoms with Crippen LogP contribution in [0.3, 0.4) is 0 Å². The molecular formula is C8H24Br2N2O2. The molecule has 0 aliphatic rings. The van der Waals surface area contributed by atoms with E-state index in [1.807, 2.05) is 28.2 Å². The van der Waals surface area contributed by atoms with Gasteiger partial charge in [-0.05, 0) is 0 Å². The highest BCUT2D eigenvalue weighted by Crippen LogP contribution is 1.36. The van der Waals surface area contributed by atoms with Crippen molar-refractivity contribution in [2.75, 3.05) is 54.5 Å². The maximum atomic E-state index is 8.22. The Morgan fingerprint density at radius 3 is 0.929 bits per heavy atom. The van der Waals surface area contributed by atoms with E-state index < -0.39 is 0 Å². The van der Waals surface area contributed by atoms with E-state index in [-0.39, 0.29) is 34.0 Å². The third-order valence-electron chi connectivity index (χ3n) is 1.22. The van der Waals surface area contributed by atoms with Crippen molar-refractivity contribution in [3.8, 4) is 0 Å². The van der Waals surface area contributed by atoms with Gasteiger partial charge < -0.3 is 54.0 Å². The molecule has 0 aromatic heterocycles. The number of hydrogen-bond donors (Lipinski definition) is 4. The Bertz CT molecular complexity index is 75.7. The van der Waals surface area contributed by atoms with Gasteiger partial charge in [0.2, 0.25) is 0 Å². The van der Waals surface area contributed by atoms with Crippen molar-refractivity contribution in [1.82, 2.24) is 0 Å². The van der Waals surface area contributed by atoms with E-state index in [1.165, 1.54) is 9.80 Å². The predicted octanol–water partition coefficient (Wildman–Crippen LogP) is -9.75. The molecule has 0 bridgehead atoms. The number of quaternary nitrogens is 2.